The van der Waals surface area contributed by atoms with Crippen LogP contribution in [0.3, 0.4) is 0 Å². The van der Waals surface area contributed by atoms with Crippen molar-refractivity contribution < 1.29 is 14.7 Å². The second-order valence-electron chi connectivity index (χ2n) is 9.81. The number of hydrogen-bond donors (Lipinski definition) is 2. The van der Waals surface area contributed by atoms with Gasteiger partial charge in [0.05, 0.1) is 18.0 Å². The molecule has 2 aromatic carbocycles. The minimum absolute atomic E-state index is 0.000258. The summed E-state index contributed by atoms with van der Waals surface area (Å²) in [5, 5.41) is 14.2. The standard InChI is InChI=1S/C29H29N5O3S/c35-17-24(19-4-2-1-3-5-19)32-26-23-16-25(38-27(23)31-18-30-26)20-6-8-21(9-7-20)28(36)33-12-14-34(15-13-33)29(37)22-10-11-22/h1-9,16,18,22,24,35H,10-15,17H2,(H,30,31,32). The number of thiophene rings is 1. The number of aliphatic hydroxyl groups is 1. The van der Waals surface area contributed by atoms with Crippen molar-refractivity contribution in [3.63, 3.8) is 0 Å². The van der Waals surface area contributed by atoms with Crippen molar-refractivity contribution in [2.45, 2.75) is 18.9 Å². The van der Waals surface area contributed by atoms with E-state index in [-0.39, 0.29) is 30.4 Å². The first-order chi connectivity index (χ1) is 18.6. The Bertz CT molecular complexity index is 1440. The minimum atomic E-state index is -0.281. The molecule has 1 saturated heterocycles. The highest BCUT2D eigenvalue weighted by molar-refractivity contribution is 7.21. The molecular formula is C29H29N5O3S. The van der Waals surface area contributed by atoms with E-state index < -0.39 is 0 Å². The highest BCUT2D eigenvalue weighted by atomic mass is 32.1. The van der Waals surface area contributed by atoms with Crippen LogP contribution in [-0.2, 0) is 4.79 Å². The number of anilines is 1. The summed E-state index contributed by atoms with van der Waals surface area (Å²) in [6.45, 7) is 2.30. The third-order valence-electron chi connectivity index (χ3n) is 7.25. The van der Waals surface area contributed by atoms with Crippen LogP contribution in [0.4, 0.5) is 5.82 Å². The van der Waals surface area contributed by atoms with Crippen LogP contribution in [0.25, 0.3) is 20.7 Å². The molecule has 0 radical (unpaired) electrons. The molecule has 4 aromatic rings. The van der Waals surface area contributed by atoms with E-state index in [9.17, 15) is 14.7 Å². The van der Waals surface area contributed by atoms with Crippen molar-refractivity contribution in [1.29, 1.82) is 0 Å². The fourth-order valence-electron chi connectivity index (χ4n) is 4.88. The quantitative estimate of drug-likeness (QED) is 0.374. The average molecular weight is 528 g/mol. The average Bonchev–Trinajstić information content (AvgIpc) is 3.73. The van der Waals surface area contributed by atoms with Crippen LogP contribution in [-0.4, -0.2) is 69.5 Å². The van der Waals surface area contributed by atoms with E-state index in [1.807, 2.05) is 64.4 Å². The van der Waals surface area contributed by atoms with E-state index in [2.05, 4.69) is 21.4 Å². The molecule has 1 aliphatic carbocycles. The molecule has 0 bridgehead atoms. The van der Waals surface area contributed by atoms with E-state index in [4.69, 9.17) is 0 Å². The van der Waals surface area contributed by atoms with Gasteiger partial charge in [-0.25, -0.2) is 9.97 Å². The number of hydrogen-bond acceptors (Lipinski definition) is 7. The van der Waals surface area contributed by atoms with Gasteiger partial charge in [0.25, 0.3) is 5.91 Å². The second-order valence-corrected chi connectivity index (χ2v) is 10.8. The summed E-state index contributed by atoms with van der Waals surface area (Å²) in [7, 11) is 0. The monoisotopic (exact) mass is 527 g/mol. The zero-order chi connectivity index (χ0) is 26.1. The largest absolute Gasteiger partial charge is 0.394 e. The Morgan fingerprint density at radius 3 is 2.37 bits per heavy atom. The van der Waals surface area contributed by atoms with Crippen molar-refractivity contribution in [2.75, 3.05) is 38.1 Å². The van der Waals surface area contributed by atoms with Gasteiger partial charge in [0.1, 0.15) is 17.0 Å². The van der Waals surface area contributed by atoms with Gasteiger partial charge < -0.3 is 20.2 Å². The molecule has 1 saturated carbocycles. The number of nitrogens with one attached hydrogen (secondary N) is 1. The van der Waals surface area contributed by atoms with E-state index in [0.29, 0.717) is 37.6 Å². The molecule has 1 aliphatic heterocycles. The fourth-order valence-corrected chi connectivity index (χ4v) is 5.88. The van der Waals surface area contributed by atoms with Crippen molar-refractivity contribution in [2.24, 2.45) is 5.92 Å². The Hall–Kier alpha value is -3.82. The summed E-state index contributed by atoms with van der Waals surface area (Å²) in [4.78, 5) is 39.9. The third kappa shape index (κ3) is 4.99. The third-order valence-corrected chi connectivity index (χ3v) is 8.34. The van der Waals surface area contributed by atoms with Crippen molar-refractivity contribution in [1.82, 2.24) is 19.8 Å². The van der Waals surface area contributed by atoms with Crippen LogP contribution in [0.15, 0.2) is 67.0 Å². The number of amides is 2. The molecule has 2 aromatic heterocycles. The molecule has 0 spiro atoms. The minimum Gasteiger partial charge on any atom is -0.394 e. The number of benzene rings is 2. The number of piperazine rings is 1. The molecular weight excluding hydrogens is 498 g/mol. The van der Waals surface area contributed by atoms with Crippen molar-refractivity contribution >= 4 is 39.2 Å². The second kappa shape index (κ2) is 10.5. The summed E-state index contributed by atoms with van der Waals surface area (Å²) in [5.41, 5.74) is 2.62. The van der Waals surface area contributed by atoms with Gasteiger partial charge in [-0.15, -0.1) is 11.3 Å². The topological polar surface area (TPSA) is 98.7 Å². The van der Waals surface area contributed by atoms with E-state index >= 15 is 0 Å². The zero-order valence-corrected chi connectivity index (χ0v) is 21.7. The number of aliphatic hydroxyl groups excluding tert-OH is 1. The first-order valence-corrected chi connectivity index (χ1v) is 13.8. The van der Waals surface area contributed by atoms with Gasteiger partial charge in [-0.05, 0) is 42.2 Å². The van der Waals surface area contributed by atoms with Gasteiger partial charge in [0, 0.05) is 42.5 Å². The Kier molecular flexibility index (Phi) is 6.78. The van der Waals surface area contributed by atoms with Gasteiger partial charge in [-0.1, -0.05) is 42.5 Å². The van der Waals surface area contributed by atoms with Crippen LogP contribution in [0.1, 0.15) is 34.8 Å². The van der Waals surface area contributed by atoms with Gasteiger partial charge in [-0.3, -0.25) is 9.59 Å². The predicted octanol–water partition coefficient (Wildman–Crippen LogP) is 4.20. The lowest BCUT2D eigenvalue weighted by Gasteiger charge is -2.35. The normalized spacial score (nSPS) is 16.4. The molecule has 9 heteroatoms. The predicted molar refractivity (Wildman–Crippen MR) is 148 cm³/mol. The van der Waals surface area contributed by atoms with Gasteiger partial charge in [-0.2, -0.15) is 0 Å². The SMILES string of the molecule is O=C(c1ccc(-c2cc3c(NC(CO)c4ccccc4)ncnc3s2)cc1)N1CCN(C(=O)C2CC2)CC1. The molecule has 38 heavy (non-hydrogen) atoms. The maximum absolute atomic E-state index is 13.1. The number of rotatable bonds is 7. The van der Waals surface area contributed by atoms with Gasteiger partial charge in [0.15, 0.2) is 0 Å². The molecule has 194 valence electrons. The lowest BCUT2D eigenvalue weighted by Crippen LogP contribution is -2.51. The summed E-state index contributed by atoms with van der Waals surface area (Å²) in [6, 6.07) is 19.2. The highest BCUT2D eigenvalue weighted by Gasteiger charge is 2.35. The molecule has 2 amide bonds. The molecule has 2 aliphatic rings. The van der Waals surface area contributed by atoms with Crippen LogP contribution < -0.4 is 5.32 Å². The molecule has 2 fully saturated rings. The highest BCUT2D eigenvalue weighted by Crippen LogP contribution is 2.36. The Labute approximate surface area is 224 Å². The van der Waals surface area contributed by atoms with Crippen LogP contribution in [0.5, 0.6) is 0 Å². The molecule has 3 heterocycles. The Morgan fingerprint density at radius 2 is 1.68 bits per heavy atom. The van der Waals surface area contributed by atoms with E-state index in [1.165, 1.54) is 6.33 Å². The smallest absolute Gasteiger partial charge is 0.253 e. The summed E-state index contributed by atoms with van der Waals surface area (Å²) in [6.07, 6.45) is 3.54. The molecule has 8 nitrogen and oxygen atoms in total. The summed E-state index contributed by atoms with van der Waals surface area (Å²) < 4.78 is 0. The number of carbonyl (C=O) groups is 2. The first kappa shape index (κ1) is 24.5. The lowest BCUT2D eigenvalue weighted by atomic mass is 10.1. The summed E-state index contributed by atoms with van der Waals surface area (Å²) >= 11 is 1.56. The first-order valence-electron chi connectivity index (χ1n) is 13.0. The maximum Gasteiger partial charge on any atom is 0.253 e. The van der Waals surface area contributed by atoms with Gasteiger partial charge in [0.2, 0.25) is 5.91 Å². The van der Waals surface area contributed by atoms with Crippen molar-refractivity contribution in [3.05, 3.63) is 78.1 Å². The van der Waals surface area contributed by atoms with Crippen LogP contribution in [0.2, 0.25) is 0 Å². The fraction of sp³-hybridized carbons (Fsp3) is 0.310. The zero-order valence-electron chi connectivity index (χ0n) is 20.9. The maximum atomic E-state index is 13.1. The summed E-state index contributed by atoms with van der Waals surface area (Å²) in [5.74, 6) is 1.14. The molecule has 1 unspecified atom stereocenters. The number of aromatic nitrogens is 2. The molecule has 1 atom stereocenters. The molecule has 6 rings (SSSR count). The van der Waals surface area contributed by atoms with E-state index in [0.717, 1.165) is 39.1 Å². The lowest BCUT2D eigenvalue weighted by molar-refractivity contribution is -0.134. The van der Waals surface area contributed by atoms with E-state index in [1.54, 1.807) is 11.3 Å². The number of fused-ring (bicyclic) bond motifs is 1. The molecule has 2 N–H and O–H groups in total. The number of nitrogens with zero attached hydrogens (tertiary/aromatic N) is 4. The Balaban J connectivity index is 1.16. The Morgan fingerprint density at radius 1 is 0.974 bits per heavy atom. The van der Waals surface area contributed by atoms with Gasteiger partial charge >= 0.3 is 0 Å². The number of carbonyl (C=O) groups excluding carboxylic acids is 2. The van der Waals surface area contributed by atoms with Crippen LogP contribution >= 0.6 is 11.3 Å². The van der Waals surface area contributed by atoms with Crippen molar-refractivity contribution in [3.8, 4) is 10.4 Å². The van der Waals surface area contributed by atoms with Crippen LogP contribution in [0, 0.1) is 5.92 Å².